The molecule has 0 spiro atoms. The molecule has 1 saturated carbocycles. The molecule has 0 bridgehead atoms. The number of rotatable bonds is 4. The molecule has 0 unspecified atom stereocenters. The van der Waals surface area contributed by atoms with E-state index in [2.05, 4.69) is 9.84 Å². The largest absolute Gasteiger partial charge is 0.435 e. The summed E-state index contributed by atoms with van der Waals surface area (Å²) in [6, 6.07) is 6.79. The van der Waals surface area contributed by atoms with E-state index in [1.165, 1.54) is 25.0 Å². The van der Waals surface area contributed by atoms with Crippen LogP contribution in [-0.2, 0) is 0 Å². The van der Waals surface area contributed by atoms with Crippen LogP contribution < -0.4 is 10.5 Å². The molecule has 6 heteroatoms. The van der Waals surface area contributed by atoms with E-state index in [1.807, 2.05) is 10.9 Å². The second kappa shape index (κ2) is 5.71. The molecule has 21 heavy (non-hydrogen) atoms. The molecule has 0 radical (unpaired) electrons. The summed E-state index contributed by atoms with van der Waals surface area (Å²) in [5.41, 5.74) is 8.11. The lowest BCUT2D eigenvalue weighted by Gasteiger charge is -2.08. The summed E-state index contributed by atoms with van der Waals surface area (Å²) in [4.78, 5) is 0. The van der Waals surface area contributed by atoms with Crippen LogP contribution in [0.3, 0.4) is 0 Å². The van der Waals surface area contributed by atoms with Crippen LogP contribution in [0.2, 0.25) is 0 Å². The van der Waals surface area contributed by atoms with E-state index in [4.69, 9.17) is 5.73 Å². The summed E-state index contributed by atoms with van der Waals surface area (Å²) in [6.07, 6.45) is 6.55. The molecule has 0 atom stereocenters. The third kappa shape index (κ3) is 2.99. The predicted molar refractivity (Wildman–Crippen MR) is 76.2 cm³/mol. The summed E-state index contributed by atoms with van der Waals surface area (Å²) < 4.78 is 30.5. The van der Waals surface area contributed by atoms with Gasteiger partial charge in [-0.15, -0.1) is 0 Å². The number of hydrogen-bond donors (Lipinski definition) is 1. The quantitative estimate of drug-likeness (QED) is 0.931. The number of nitrogens with two attached hydrogens (primary N) is 1. The van der Waals surface area contributed by atoms with Gasteiger partial charge in [-0.3, -0.25) is 4.68 Å². The molecule has 112 valence electrons. The van der Waals surface area contributed by atoms with Crippen LogP contribution in [0.1, 0.15) is 31.7 Å². The lowest BCUT2D eigenvalue weighted by molar-refractivity contribution is -0.0498. The van der Waals surface area contributed by atoms with Crippen LogP contribution in [0.15, 0.2) is 30.5 Å². The van der Waals surface area contributed by atoms with Crippen LogP contribution in [0.4, 0.5) is 14.5 Å². The normalized spacial score (nSPS) is 15.8. The van der Waals surface area contributed by atoms with Gasteiger partial charge in [-0.2, -0.15) is 13.9 Å². The van der Waals surface area contributed by atoms with Gasteiger partial charge in [-0.1, -0.05) is 12.8 Å². The Balaban J connectivity index is 1.82. The highest BCUT2D eigenvalue weighted by Crippen LogP contribution is 2.33. The number of aromatic nitrogens is 2. The van der Waals surface area contributed by atoms with Crippen molar-refractivity contribution in [2.24, 2.45) is 0 Å². The Morgan fingerprint density at radius 3 is 2.48 bits per heavy atom. The van der Waals surface area contributed by atoms with E-state index in [1.54, 1.807) is 12.1 Å². The highest BCUT2D eigenvalue weighted by atomic mass is 19.3. The number of anilines is 1. The zero-order valence-corrected chi connectivity index (χ0v) is 11.5. The second-order valence-electron chi connectivity index (χ2n) is 5.25. The van der Waals surface area contributed by atoms with Gasteiger partial charge in [0.15, 0.2) is 0 Å². The first-order valence-electron chi connectivity index (χ1n) is 7.03. The van der Waals surface area contributed by atoms with Crippen LogP contribution in [0.25, 0.3) is 11.3 Å². The van der Waals surface area contributed by atoms with E-state index >= 15 is 0 Å². The third-order valence-electron chi connectivity index (χ3n) is 3.81. The first-order valence-corrected chi connectivity index (χ1v) is 7.03. The van der Waals surface area contributed by atoms with E-state index in [0.717, 1.165) is 18.4 Å². The highest BCUT2D eigenvalue weighted by Gasteiger charge is 2.19. The number of nitrogens with zero attached hydrogens (tertiary/aromatic N) is 2. The maximum absolute atomic E-state index is 12.1. The van der Waals surface area contributed by atoms with Gasteiger partial charge in [0.05, 0.1) is 11.7 Å². The lowest BCUT2D eigenvalue weighted by Crippen LogP contribution is -2.05. The van der Waals surface area contributed by atoms with Crippen molar-refractivity contribution >= 4 is 5.69 Å². The maximum atomic E-state index is 12.1. The Morgan fingerprint density at radius 2 is 1.86 bits per heavy atom. The van der Waals surface area contributed by atoms with Crippen LogP contribution in [-0.4, -0.2) is 16.4 Å². The van der Waals surface area contributed by atoms with E-state index in [-0.39, 0.29) is 5.75 Å². The van der Waals surface area contributed by atoms with Gasteiger partial charge in [0.25, 0.3) is 0 Å². The van der Waals surface area contributed by atoms with Gasteiger partial charge in [0.1, 0.15) is 11.4 Å². The number of hydrogen-bond acceptors (Lipinski definition) is 3. The van der Waals surface area contributed by atoms with Gasteiger partial charge in [0, 0.05) is 11.8 Å². The van der Waals surface area contributed by atoms with Crippen molar-refractivity contribution in [1.29, 1.82) is 0 Å². The van der Waals surface area contributed by atoms with Gasteiger partial charge in [-0.25, -0.2) is 0 Å². The molecule has 1 aromatic carbocycles. The molecule has 1 aromatic heterocycles. The molecule has 3 rings (SSSR count). The summed E-state index contributed by atoms with van der Waals surface area (Å²) >= 11 is 0. The SMILES string of the molecule is Nc1cn(C2CCCC2)nc1-c1ccc(OC(F)F)cc1. The Labute approximate surface area is 121 Å². The average Bonchev–Trinajstić information content (AvgIpc) is 3.08. The molecular weight excluding hydrogens is 276 g/mol. The molecule has 2 N–H and O–H groups in total. The Bertz CT molecular complexity index is 604. The molecular formula is C15H17F2N3O. The summed E-state index contributed by atoms with van der Waals surface area (Å²) in [5.74, 6) is 0.127. The number of ether oxygens (including phenoxy) is 1. The fourth-order valence-electron chi connectivity index (χ4n) is 2.78. The minimum Gasteiger partial charge on any atom is -0.435 e. The minimum atomic E-state index is -2.82. The zero-order chi connectivity index (χ0) is 14.8. The minimum absolute atomic E-state index is 0.127. The van der Waals surface area contributed by atoms with E-state index in [0.29, 0.717) is 17.4 Å². The Hall–Kier alpha value is -2.11. The second-order valence-corrected chi connectivity index (χ2v) is 5.25. The predicted octanol–water partition coefficient (Wildman–Crippen LogP) is 3.85. The van der Waals surface area contributed by atoms with Gasteiger partial charge >= 0.3 is 6.61 Å². The van der Waals surface area contributed by atoms with Crippen molar-refractivity contribution in [2.45, 2.75) is 38.3 Å². The molecule has 1 heterocycles. The van der Waals surface area contributed by atoms with E-state index < -0.39 is 6.61 Å². The fourth-order valence-corrected chi connectivity index (χ4v) is 2.78. The highest BCUT2D eigenvalue weighted by molar-refractivity contribution is 5.72. The van der Waals surface area contributed by atoms with Crippen LogP contribution in [0.5, 0.6) is 5.75 Å². The average molecular weight is 293 g/mol. The molecule has 0 aliphatic heterocycles. The van der Waals surface area contributed by atoms with Crippen molar-refractivity contribution in [3.8, 4) is 17.0 Å². The molecule has 1 aliphatic carbocycles. The lowest BCUT2D eigenvalue weighted by atomic mass is 10.1. The number of nitrogen functional groups attached to an aromatic ring is 1. The van der Waals surface area contributed by atoms with E-state index in [9.17, 15) is 8.78 Å². The van der Waals surface area contributed by atoms with Gasteiger partial charge in [-0.05, 0) is 37.1 Å². The molecule has 4 nitrogen and oxygen atoms in total. The molecule has 1 fully saturated rings. The molecule has 1 aliphatic rings. The third-order valence-corrected chi connectivity index (χ3v) is 3.81. The topological polar surface area (TPSA) is 53.1 Å². The Morgan fingerprint density at radius 1 is 1.19 bits per heavy atom. The standard InChI is InChI=1S/C15H17F2N3O/c16-15(17)21-12-7-5-10(6-8-12)14-13(18)9-20(19-14)11-3-1-2-4-11/h5-9,11,15H,1-4,18H2. The van der Waals surface area contributed by atoms with Crippen molar-refractivity contribution < 1.29 is 13.5 Å². The fraction of sp³-hybridized carbons (Fsp3) is 0.400. The number of benzene rings is 1. The molecule has 2 aromatic rings. The summed E-state index contributed by atoms with van der Waals surface area (Å²) in [7, 11) is 0. The first-order chi connectivity index (χ1) is 10.1. The summed E-state index contributed by atoms with van der Waals surface area (Å²) in [6.45, 7) is -2.82. The molecule has 0 saturated heterocycles. The van der Waals surface area contributed by atoms with Crippen molar-refractivity contribution in [3.05, 3.63) is 30.5 Å². The number of halogens is 2. The maximum Gasteiger partial charge on any atom is 0.387 e. The molecule has 0 amide bonds. The Kier molecular flexibility index (Phi) is 3.77. The van der Waals surface area contributed by atoms with Crippen molar-refractivity contribution in [1.82, 2.24) is 9.78 Å². The number of alkyl halides is 2. The smallest absolute Gasteiger partial charge is 0.387 e. The monoisotopic (exact) mass is 293 g/mol. The van der Waals surface area contributed by atoms with Crippen LogP contribution in [0, 0.1) is 0 Å². The van der Waals surface area contributed by atoms with Crippen molar-refractivity contribution in [2.75, 3.05) is 5.73 Å². The van der Waals surface area contributed by atoms with Crippen LogP contribution >= 0.6 is 0 Å². The van der Waals surface area contributed by atoms with Gasteiger partial charge in [0.2, 0.25) is 0 Å². The van der Waals surface area contributed by atoms with Crippen molar-refractivity contribution in [3.63, 3.8) is 0 Å². The first kappa shape index (κ1) is 13.9. The summed E-state index contributed by atoms with van der Waals surface area (Å²) in [5, 5.41) is 4.56. The van der Waals surface area contributed by atoms with Gasteiger partial charge < -0.3 is 10.5 Å². The zero-order valence-electron chi connectivity index (χ0n) is 11.5.